The van der Waals surface area contributed by atoms with Crippen molar-refractivity contribution in [3.8, 4) is 0 Å². The van der Waals surface area contributed by atoms with E-state index in [1.807, 2.05) is 6.33 Å². The lowest BCUT2D eigenvalue weighted by molar-refractivity contribution is 0.331. The zero-order valence-electron chi connectivity index (χ0n) is 10.4. The number of nitrogens with one attached hydrogen (secondary N) is 1. The molecule has 1 aliphatic heterocycles. The Hall–Kier alpha value is -0.900. The molecule has 1 atom stereocenters. The van der Waals surface area contributed by atoms with Crippen molar-refractivity contribution in [3.63, 3.8) is 0 Å². The molecular formula is C13H22N4. The Bertz CT molecular complexity index is 316. The molecule has 4 heteroatoms. The number of piperidine rings is 1. The Morgan fingerprint density at radius 3 is 2.76 bits per heavy atom. The zero-order chi connectivity index (χ0) is 11.5. The van der Waals surface area contributed by atoms with Crippen LogP contribution in [0.2, 0.25) is 0 Å². The average Bonchev–Trinajstić information content (AvgIpc) is 2.90. The van der Waals surface area contributed by atoms with Crippen molar-refractivity contribution in [2.24, 2.45) is 0 Å². The molecule has 1 saturated heterocycles. The van der Waals surface area contributed by atoms with Gasteiger partial charge in [-0.3, -0.25) is 0 Å². The molecule has 2 heterocycles. The first kappa shape index (κ1) is 11.2. The summed E-state index contributed by atoms with van der Waals surface area (Å²) in [6, 6.07) is 0.663. The highest BCUT2D eigenvalue weighted by molar-refractivity contribution is 5.01. The number of nitrogens with zero attached hydrogens (tertiary/aromatic N) is 3. The molecule has 0 aromatic carbocycles. The van der Waals surface area contributed by atoms with E-state index in [-0.39, 0.29) is 0 Å². The Balaban J connectivity index is 1.77. The largest absolute Gasteiger partial charge is 0.316 e. The summed E-state index contributed by atoms with van der Waals surface area (Å²) in [5.41, 5.74) is 0. The van der Waals surface area contributed by atoms with Crippen molar-refractivity contribution in [3.05, 3.63) is 12.2 Å². The summed E-state index contributed by atoms with van der Waals surface area (Å²) in [6.45, 7) is 2.24. The van der Waals surface area contributed by atoms with Crippen LogP contribution in [0.3, 0.4) is 0 Å². The van der Waals surface area contributed by atoms with Gasteiger partial charge in [0, 0.05) is 18.5 Å². The lowest BCUT2D eigenvalue weighted by Gasteiger charge is -2.28. The van der Waals surface area contributed by atoms with Gasteiger partial charge in [0.15, 0.2) is 0 Å². The molecule has 1 aromatic rings. The molecule has 0 radical (unpaired) electrons. The molecular weight excluding hydrogens is 212 g/mol. The van der Waals surface area contributed by atoms with Crippen molar-refractivity contribution in [2.75, 3.05) is 13.1 Å². The second-order valence-corrected chi connectivity index (χ2v) is 5.43. The van der Waals surface area contributed by atoms with Crippen molar-refractivity contribution in [1.82, 2.24) is 20.1 Å². The van der Waals surface area contributed by atoms with Gasteiger partial charge < -0.3 is 9.88 Å². The van der Waals surface area contributed by atoms with E-state index in [1.165, 1.54) is 50.8 Å². The van der Waals surface area contributed by atoms with Crippen LogP contribution in [-0.4, -0.2) is 27.9 Å². The maximum absolute atomic E-state index is 4.39. The first-order chi connectivity index (χ1) is 8.45. The van der Waals surface area contributed by atoms with Crippen molar-refractivity contribution < 1.29 is 0 Å². The Labute approximate surface area is 103 Å². The first-order valence-corrected chi connectivity index (χ1v) is 7.05. The van der Waals surface area contributed by atoms with E-state index >= 15 is 0 Å². The van der Waals surface area contributed by atoms with Crippen molar-refractivity contribution >= 4 is 0 Å². The summed E-state index contributed by atoms with van der Waals surface area (Å²) in [6.07, 6.45) is 11.2. The van der Waals surface area contributed by atoms with Gasteiger partial charge in [-0.15, -0.1) is 10.2 Å². The van der Waals surface area contributed by atoms with Gasteiger partial charge in [0.2, 0.25) is 0 Å². The third-order valence-corrected chi connectivity index (χ3v) is 4.23. The first-order valence-electron chi connectivity index (χ1n) is 7.05. The summed E-state index contributed by atoms with van der Waals surface area (Å²) >= 11 is 0. The maximum Gasteiger partial charge on any atom is 0.137 e. The van der Waals surface area contributed by atoms with Gasteiger partial charge in [-0.05, 0) is 32.2 Å². The highest BCUT2D eigenvalue weighted by atomic mass is 15.3. The molecule has 4 nitrogen and oxygen atoms in total. The van der Waals surface area contributed by atoms with E-state index in [0.29, 0.717) is 12.0 Å². The van der Waals surface area contributed by atoms with Crippen LogP contribution in [-0.2, 0) is 0 Å². The van der Waals surface area contributed by atoms with Crippen LogP contribution in [0.1, 0.15) is 62.7 Å². The van der Waals surface area contributed by atoms with E-state index in [2.05, 4.69) is 20.1 Å². The molecule has 0 bridgehead atoms. The van der Waals surface area contributed by atoms with E-state index in [4.69, 9.17) is 0 Å². The van der Waals surface area contributed by atoms with Crippen molar-refractivity contribution in [1.29, 1.82) is 0 Å². The molecule has 1 unspecified atom stereocenters. The lowest BCUT2D eigenvalue weighted by Crippen LogP contribution is -2.30. The third-order valence-electron chi connectivity index (χ3n) is 4.23. The monoisotopic (exact) mass is 234 g/mol. The predicted octanol–water partition coefficient (Wildman–Crippen LogP) is 2.25. The van der Waals surface area contributed by atoms with Crippen LogP contribution in [0.4, 0.5) is 0 Å². The van der Waals surface area contributed by atoms with Gasteiger partial charge in [0.1, 0.15) is 12.2 Å². The zero-order valence-corrected chi connectivity index (χ0v) is 10.4. The van der Waals surface area contributed by atoms with Gasteiger partial charge in [-0.25, -0.2) is 0 Å². The SMILES string of the molecule is c1nnc(C2CCCNC2)n1C1CCCCC1. The fourth-order valence-electron chi connectivity index (χ4n) is 3.26. The van der Waals surface area contributed by atoms with Gasteiger partial charge in [0.25, 0.3) is 0 Å². The molecule has 1 saturated carbocycles. The molecule has 0 spiro atoms. The fourth-order valence-corrected chi connectivity index (χ4v) is 3.26. The van der Waals surface area contributed by atoms with Crippen LogP contribution < -0.4 is 5.32 Å². The molecule has 3 rings (SSSR count). The summed E-state index contributed by atoms with van der Waals surface area (Å²) in [4.78, 5) is 0. The highest BCUT2D eigenvalue weighted by Crippen LogP contribution is 2.31. The van der Waals surface area contributed by atoms with Gasteiger partial charge in [-0.2, -0.15) is 0 Å². The average molecular weight is 234 g/mol. The summed E-state index contributed by atoms with van der Waals surface area (Å²) in [5, 5.41) is 12.0. The van der Waals surface area contributed by atoms with Crippen LogP contribution in [0.25, 0.3) is 0 Å². The minimum atomic E-state index is 0.577. The molecule has 2 aliphatic rings. The van der Waals surface area contributed by atoms with E-state index < -0.39 is 0 Å². The highest BCUT2D eigenvalue weighted by Gasteiger charge is 2.24. The standard InChI is InChI=1S/C13H22N4/c1-2-6-12(7-3-1)17-10-15-16-13(17)11-5-4-8-14-9-11/h10-12,14H,1-9H2. The summed E-state index contributed by atoms with van der Waals surface area (Å²) in [5.74, 6) is 1.80. The third kappa shape index (κ3) is 2.37. The normalized spacial score (nSPS) is 27.2. The minimum Gasteiger partial charge on any atom is -0.316 e. The van der Waals surface area contributed by atoms with Gasteiger partial charge >= 0.3 is 0 Å². The molecule has 0 amide bonds. The quantitative estimate of drug-likeness (QED) is 0.853. The van der Waals surface area contributed by atoms with E-state index in [9.17, 15) is 0 Å². The minimum absolute atomic E-state index is 0.577. The summed E-state index contributed by atoms with van der Waals surface area (Å²) < 4.78 is 2.37. The van der Waals surface area contributed by atoms with Crippen LogP contribution in [0, 0.1) is 0 Å². The maximum atomic E-state index is 4.39. The Kier molecular flexibility index (Phi) is 3.41. The Morgan fingerprint density at radius 1 is 1.12 bits per heavy atom. The summed E-state index contributed by atoms with van der Waals surface area (Å²) in [7, 11) is 0. The van der Waals surface area contributed by atoms with Crippen LogP contribution >= 0.6 is 0 Å². The van der Waals surface area contributed by atoms with Crippen LogP contribution in [0.15, 0.2) is 6.33 Å². The second-order valence-electron chi connectivity index (χ2n) is 5.43. The fraction of sp³-hybridized carbons (Fsp3) is 0.846. The molecule has 1 aliphatic carbocycles. The molecule has 94 valence electrons. The number of hydrogen-bond acceptors (Lipinski definition) is 3. The van der Waals surface area contributed by atoms with E-state index in [1.54, 1.807) is 0 Å². The molecule has 17 heavy (non-hydrogen) atoms. The smallest absolute Gasteiger partial charge is 0.137 e. The number of rotatable bonds is 2. The number of aromatic nitrogens is 3. The predicted molar refractivity (Wildman–Crippen MR) is 67.0 cm³/mol. The second kappa shape index (κ2) is 5.17. The molecule has 1 N–H and O–H groups in total. The van der Waals surface area contributed by atoms with Crippen LogP contribution in [0.5, 0.6) is 0 Å². The van der Waals surface area contributed by atoms with E-state index in [0.717, 1.165) is 13.1 Å². The number of hydrogen-bond donors (Lipinski definition) is 1. The Morgan fingerprint density at radius 2 is 2.00 bits per heavy atom. The topological polar surface area (TPSA) is 42.7 Å². The lowest BCUT2D eigenvalue weighted by atomic mass is 9.93. The molecule has 2 fully saturated rings. The van der Waals surface area contributed by atoms with Crippen molar-refractivity contribution in [2.45, 2.75) is 56.9 Å². The molecule has 1 aromatic heterocycles. The van der Waals surface area contributed by atoms with Gasteiger partial charge in [0.05, 0.1) is 0 Å². The van der Waals surface area contributed by atoms with Gasteiger partial charge in [-0.1, -0.05) is 19.3 Å².